The molecule has 8 nitrogen and oxygen atoms in total. The van der Waals surface area contributed by atoms with Crippen molar-refractivity contribution in [1.82, 2.24) is 0 Å². The Hall–Kier alpha value is -3.11. The molecule has 1 aliphatic rings. The molecule has 0 spiro atoms. The van der Waals surface area contributed by atoms with E-state index in [0.717, 1.165) is 11.8 Å². The minimum atomic E-state index is -0.708. The van der Waals surface area contributed by atoms with Crippen LogP contribution in [-0.2, 0) is 4.79 Å². The molecule has 1 amide bonds. The number of phenols is 1. The molecule has 1 aliphatic heterocycles. The van der Waals surface area contributed by atoms with Gasteiger partial charge in [-0.3, -0.25) is 19.8 Å². The lowest BCUT2D eigenvalue weighted by molar-refractivity contribution is -0.386. The predicted molar refractivity (Wildman–Crippen MR) is 119 cm³/mol. The Kier molecular flexibility index (Phi) is 6.58. The maximum Gasteiger partial charge on any atom is 0.315 e. The quantitative estimate of drug-likeness (QED) is 0.287. The van der Waals surface area contributed by atoms with E-state index in [-0.39, 0.29) is 18.3 Å². The van der Waals surface area contributed by atoms with Gasteiger partial charge in [0.25, 0.3) is 5.91 Å². The van der Waals surface area contributed by atoms with Gasteiger partial charge in [0, 0.05) is 6.07 Å². The Balaban J connectivity index is 1.94. The van der Waals surface area contributed by atoms with E-state index >= 15 is 0 Å². The summed E-state index contributed by atoms with van der Waals surface area (Å²) in [6.07, 6.45) is 1.49. The van der Waals surface area contributed by atoms with Crippen molar-refractivity contribution in [3.05, 3.63) is 57.0 Å². The van der Waals surface area contributed by atoms with Gasteiger partial charge in [-0.15, -0.1) is 0 Å². The van der Waals surface area contributed by atoms with Gasteiger partial charge in [-0.05, 0) is 55.8 Å². The molecule has 30 heavy (non-hydrogen) atoms. The van der Waals surface area contributed by atoms with Crippen LogP contribution in [0.5, 0.6) is 17.2 Å². The summed E-state index contributed by atoms with van der Waals surface area (Å²) in [5.41, 5.74) is 0.431. The topological polar surface area (TPSA) is 102 Å². The van der Waals surface area contributed by atoms with E-state index in [9.17, 15) is 20.0 Å². The molecular formula is C20H18N2O6S2. The maximum absolute atomic E-state index is 12.9. The number of hydrogen-bond acceptors (Lipinski definition) is 8. The van der Waals surface area contributed by atoms with Gasteiger partial charge < -0.3 is 14.6 Å². The minimum absolute atomic E-state index is 0.0278. The van der Waals surface area contributed by atoms with Crippen molar-refractivity contribution >= 4 is 51.7 Å². The second-order valence-corrected chi connectivity index (χ2v) is 7.70. The van der Waals surface area contributed by atoms with Crippen LogP contribution in [0.4, 0.5) is 11.4 Å². The first-order chi connectivity index (χ1) is 14.3. The van der Waals surface area contributed by atoms with Crippen LogP contribution in [0, 0.1) is 10.1 Å². The molecule has 0 unspecified atom stereocenters. The Morgan fingerprint density at radius 1 is 1.20 bits per heavy atom. The van der Waals surface area contributed by atoms with Crippen molar-refractivity contribution in [1.29, 1.82) is 0 Å². The highest BCUT2D eigenvalue weighted by molar-refractivity contribution is 8.27. The number of nitro benzene ring substituents is 1. The highest BCUT2D eigenvalue weighted by atomic mass is 32.2. The standard InChI is InChI=1S/C20H18N2O6S2/c1-3-27-14-7-5-13(6-8-14)21-19(24)17(30-20(21)29)11-12-9-15(22(25)26)18(23)16(10-12)28-4-2/h5-11,23H,3-4H2,1-2H3/b17-11-. The Morgan fingerprint density at radius 2 is 1.87 bits per heavy atom. The molecule has 0 atom stereocenters. The number of carbonyl (C=O) groups excluding carboxylic acids is 1. The Bertz CT molecular complexity index is 1040. The fourth-order valence-corrected chi connectivity index (χ4v) is 4.10. The van der Waals surface area contributed by atoms with Gasteiger partial charge >= 0.3 is 5.69 Å². The van der Waals surface area contributed by atoms with E-state index in [1.165, 1.54) is 23.1 Å². The molecule has 1 N–H and O–H groups in total. The van der Waals surface area contributed by atoms with Crippen LogP contribution >= 0.6 is 24.0 Å². The van der Waals surface area contributed by atoms with Crippen LogP contribution in [0.25, 0.3) is 6.08 Å². The summed E-state index contributed by atoms with van der Waals surface area (Å²) < 4.78 is 11.0. The number of anilines is 1. The summed E-state index contributed by atoms with van der Waals surface area (Å²) in [5, 5.41) is 21.3. The molecule has 2 aromatic carbocycles. The largest absolute Gasteiger partial charge is 0.500 e. The van der Waals surface area contributed by atoms with Crippen LogP contribution in [0.3, 0.4) is 0 Å². The van der Waals surface area contributed by atoms with Gasteiger partial charge in [0.2, 0.25) is 5.75 Å². The van der Waals surface area contributed by atoms with Crippen molar-refractivity contribution in [2.24, 2.45) is 0 Å². The van der Waals surface area contributed by atoms with Crippen LogP contribution in [0.1, 0.15) is 19.4 Å². The van der Waals surface area contributed by atoms with Crippen molar-refractivity contribution in [2.75, 3.05) is 18.1 Å². The maximum atomic E-state index is 12.9. The average molecular weight is 447 g/mol. The lowest BCUT2D eigenvalue weighted by atomic mass is 10.1. The number of phenolic OH excluding ortho intramolecular Hbond substituents is 1. The Labute approximate surface area is 182 Å². The fraction of sp³-hybridized carbons (Fsp3) is 0.200. The van der Waals surface area contributed by atoms with E-state index < -0.39 is 16.4 Å². The van der Waals surface area contributed by atoms with Crippen LogP contribution in [-0.4, -0.2) is 33.5 Å². The summed E-state index contributed by atoms with van der Waals surface area (Å²) in [6.45, 7) is 4.32. The third-order valence-corrected chi connectivity index (χ3v) is 5.37. The minimum Gasteiger partial charge on any atom is -0.500 e. The lowest BCUT2D eigenvalue weighted by Gasteiger charge is -2.15. The van der Waals surface area contributed by atoms with E-state index in [4.69, 9.17) is 21.7 Å². The van der Waals surface area contributed by atoms with Crippen molar-refractivity contribution in [2.45, 2.75) is 13.8 Å². The van der Waals surface area contributed by atoms with Gasteiger partial charge in [-0.2, -0.15) is 0 Å². The summed E-state index contributed by atoms with van der Waals surface area (Å²) in [4.78, 5) is 25.2. The number of aromatic hydroxyl groups is 1. The Morgan fingerprint density at radius 3 is 2.47 bits per heavy atom. The first kappa shape index (κ1) is 21.6. The first-order valence-electron chi connectivity index (χ1n) is 9.00. The van der Waals surface area contributed by atoms with Gasteiger partial charge in [-0.1, -0.05) is 24.0 Å². The summed E-state index contributed by atoms with van der Waals surface area (Å²) >= 11 is 6.44. The van der Waals surface area contributed by atoms with Gasteiger partial charge in [0.15, 0.2) is 10.1 Å². The number of carbonyl (C=O) groups is 1. The second-order valence-electron chi connectivity index (χ2n) is 6.02. The number of rotatable bonds is 7. The molecule has 10 heteroatoms. The summed E-state index contributed by atoms with van der Waals surface area (Å²) in [7, 11) is 0. The van der Waals surface area contributed by atoms with E-state index in [0.29, 0.717) is 32.8 Å². The van der Waals surface area contributed by atoms with E-state index in [1.54, 1.807) is 31.2 Å². The number of benzene rings is 2. The smallest absolute Gasteiger partial charge is 0.315 e. The molecule has 0 radical (unpaired) electrons. The fourth-order valence-electron chi connectivity index (χ4n) is 2.80. The van der Waals surface area contributed by atoms with Crippen molar-refractivity contribution in [3.63, 3.8) is 0 Å². The SMILES string of the molecule is CCOc1ccc(N2C(=O)/C(=C/c3cc(OCC)c(O)c([N+](=O)[O-])c3)SC2=S)cc1. The highest BCUT2D eigenvalue weighted by Gasteiger charge is 2.33. The van der Waals surface area contributed by atoms with E-state index in [2.05, 4.69) is 0 Å². The summed E-state index contributed by atoms with van der Waals surface area (Å²) in [6, 6.07) is 9.59. The van der Waals surface area contributed by atoms with E-state index in [1.807, 2.05) is 6.92 Å². The first-order valence-corrected chi connectivity index (χ1v) is 10.2. The van der Waals surface area contributed by atoms with Crippen molar-refractivity contribution < 1.29 is 24.3 Å². The number of nitro groups is 1. The van der Waals surface area contributed by atoms with Crippen LogP contribution in [0.2, 0.25) is 0 Å². The molecule has 1 heterocycles. The molecule has 156 valence electrons. The molecular weight excluding hydrogens is 428 g/mol. The molecule has 0 aliphatic carbocycles. The number of hydrogen-bond donors (Lipinski definition) is 1. The highest BCUT2D eigenvalue weighted by Crippen LogP contribution is 2.40. The van der Waals surface area contributed by atoms with Crippen LogP contribution < -0.4 is 14.4 Å². The zero-order valence-corrected chi connectivity index (χ0v) is 17.8. The second kappa shape index (κ2) is 9.14. The predicted octanol–water partition coefficient (Wildman–Crippen LogP) is 4.50. The number of ether oxygens (including phenoxy) is 2. The van der Waals surface area contributed by atoms with Crippen LogP contribution in [0.15, 0.2) is 41.3 Å². The molecule has 1 saturated heterocycles. The molecule has 0 aromatic heterocycles. The zero-order chi connectivity index (χ0) is 21.8. The summed E-state index contributed by atoms with van der Waals surface area (Å²) in [5.74, 6) is -0.245. The number of amides is 1. The monoisotopic (exact) mass is 446 g/mol. The average Bonchev–Trinajstić information content (AvgIpc) is 2.98. The van der Waals surface area contributed by atoms with Gasteiger partial charge in [0.1, 0.15) is 5.75 Å². The molecule has 0 bridgehead atoms. The third-order valence-electron chi connectivity index (χ3n) is 4.07. The number of nitrogens with zero attached hydrogens (tertiary/aromatic N) is 2. The number of thiocarbonyl (C=S) groups is 1. The molecule has 2 aromatic rings. The lowest BCUT2D eigenvalue weighted by Crippen LogP contribution is -2.27. The normalized spacial score (nSPS) is 15.0. The van der Waals surface area contributed by atoms with Gasteiger partial charge in [0.05, 0.1) is 28.7 Å². The molecule has 1 fully saturated rings. The molecule has 3 rings (SSSR count). The molecule has 0 saturated carbocycles. The van der Waals surface area contributed by atoms with Crippen molar-refractivity contribution in [3.8, 4) is 17.2 Å². The number of thioether (sulfide) groups is 1. The third kappa shape index (κ3) is 4.39. The zero-order valence-electron chi connectivity index (χ0n) is 16.2. The van der Waals surface area contributed by atoms with Gasteiger partial charge in [-0.25, -0.2) is 0 Å².